The van der Waals surface area contributed by atoms with Gasteiger partial charge in [-0.2, -0.15) is 5.10 Å². The number of amides is 1. The van der Waals surface area contributed by atoms with Crippen LogP contribution in [0.2, 0.25) is 0 Å². The molecule has 3 rings (SSSR count). The van der Waals surface area contributed by atoms with Crippen molar-refractivity contribution in [3.63, 3.8) is 0 Å². The second-order valence-electron chi connectivity index (χ2n) is 5.90. The van der Waals surface area contributed by atoms with Gasteiger partial charge >= 0.3 is 5.69 Å². The number of nitrogens with zero attached hydrogens (tertiary/aromatic N) is 4. The van der Waals surface area contributed by atoms with Crippen LogP contribution in [0.25, 0.3) is 0 Å². The van der Waals surface area contributed by atoms with Gasteiger partial charge in [-0.15, -0.1) is 0 Å². The highest BCUT2D eigenvalue weighted by molar-refractivity contribution is 5.96. The van der Waals surface area contributed by atoms with E-state index in [0.29, 0.717) is 13.1 Å². The molecule has 0 bridgehead atoms. The van der Waals surface area contributed by atoms with Gasteiger partial charge in [-0.25, -0.2) is 0 Å². The zero-order valence-electron chi connectivity index (χ0n) is 13.4. The normalized spacial score (nSPS) is 17.0. The van der Waals surface area contributed by atoms with E-state index in [4.69, 9.17) is 0 Å². The molecule has 2 heterocycles. The summed E-state index contributed by atoms with van der Waals surface area (Å²) in [6.45, 7) is 1.28. The summed E-state index contributed by atoms with van der Waals surface area (Å²) in [4.78, 5) is 26.9. The number of aromatic nitrogens is 2. The van der Waals surface area contributed by atoms with Crippen LogP contribution in [0, 0.1) is 10.1 Å². The number of aromatic amines is 1. The highest BCUT2D eigenvalue weighted by atomic mass is 16.6. The summed E-state index contributed by atoms with van der Waals surface area (Å²) in [5, 5.41) is 17.1. The Morgan fingerprint density at radius 1 is 1.46 bits per heavy atom. The monoisotopic (exact) mass is 329 g/mol. The molecule has 1 aliphatic rings. The Balaban J connectivity index is 1.74. The SMILES string of the molecule is CN(C[C@@H]1CCCN1C(=O)c1[nH]ncc1[N+](=O)[O-])c1ccccc1. The maximum Gasteiger partial charge on any atom is 0.319 e. The number of para-hydroxylation sites is 1. The van der Waals surface area contributed by atoms with Crippen LogP contribution in [0.15, 0.2) is 36.5 Å². The zero-order valence-corrected chi connectivity index (χ0v) is 13.4. The van der Waals surface area contributed by atoms with Gasteiger partial charge in [0.1, 0.15) is 6.20 Å². The number of H-pyrrole nitrogens is 1. The molecule has 0 spiro atoms. The quantitative estimate of drug-likeness (QED) is 0.669. The summed E-state index contributed by atoms with van der Waals surface area (Å²) in [5.74, 6) is -0.358. The average Bonchev–Trinajstić information content (AvgIpc) is 3.24. The predicted octanol–water partition coefficient (Wildman–Crippen LogP) is 2.06. The molecule has 1 fully saturated rings. The Kier molecular flexibility index (Phi) is 4.45. The summed E-state index contributed by atoms with van der Waals surface area (Å²) in [7, 11) is 1.98. The van der Waals surface area contributed by atoms with Gasteiger partial charge < -0.3 is 9.80 Å². The summed E-state index contributed by atoms with van der Waals surface area (Å²) in [6, 6.07) is 9.95. The third-order valence-electron chi connectivity index (χ3n) is 4.35. The van der Waals surface area contributed by atoms with Gasteiger partial charge in [-0.05, 0) is 25.0 Å². The zero-order chi connectivity index (χ0) is 17.1. The average molecular weight is 329 g/mol. The maximum atomic E-state index is 12.7. The molecular formula is C16H19N5O3. The van der Waals surface area contributed by atoms with Crippen LogP contribution in [0.3, 0.4) is 0 Å². The maximum absolute atomic E-state index is 12.7. The number of hydrogen-bond donors (Lipinski definition) is 1. The molecule has 1 aromatic heterocycles. The van der Waals surface area contributed by atoms with Gasteiger partial charge in [0.2, 0.25) is 5.69 Å². The van der Waals surface area contributed by atoms with Crippen molar-refractivity contribution >= 4 is 17.3 Å². The molecular weight excluding hydrogens is 310 g/mol. The van der Waals surface area contributed by atoms with Gasteiger partial charge in [-0.3, -0.25) is 20.0 Å². The van der Waals surface area contributed by atoms with Gasteiger partial charge in [0, 0.05) is 31.9 Å². The molecule has 1 aliphatic heterocycles. The van der Waals surface area contributed by atoms with Crippen molar-refractivity contribution in [2.24, 2.45) is 0 Å². The van der Waals surface area contributed by atoms with E-state index in [0.717, 1.165) is 24.7 Å². The van der Waals surface area contributed by atoms with Crippen LogP contribution in [0.4, 0.5) is 11.4 Å². The molecule has 1 N–H and O–H groups in total. The number of anilines is 1. The third kappa shape index (κ3) is 3.08. The van der Waals surface area contributed by atoms with Crippen molar-refractivity contribution in [1.29, 1.82) is 0 Å². The van der Waals surface area contributed by atoms with Crippen LogP contribution < -0.4 is 4.90 Å². The second kappa shape index (κ2) is 6.69. The van der Waals surface area contributed by atoms with Crippen LogP contribution in [0.5, 0.6) is 0 Å². The standard InChI is InChI=1S/C16H19N5O3/c1-19(12-6-3-2-4-7-12)11-13-8-5-9-20(13)16(22)15-14(21(23)24)10-17-18-15/h2-4,6-7,10,13H,5,8-9,11H2,1H3,(H,17,18)/t13-/m0/s1. The number of likely N-dealkylation sites (tertiary alicyclic amines) is 1. The fourth-order valence-corrected chi connectivity index (χ4v) is 3.12. The molecule has 8 nitrogen and oxygen atoms in total. The van der Waals surface area contributed by atoms with Crippen molar-refractivity contribution in [3.8, 4) is 0 Å². The lowest BCUT2D eigenvalue weighted by Crippen LogP contribution is -2.42. The van der Waals surface area contributed by atoms with Crippen LogP contribution in [-0.2, 0) is 0 Å². The van der Waals surface area contributed by atoms with Crippen LogP contribution >= 0.6 is 0 Å². The van der Waals surface area contributed by atoms with E-state index in [1.807, 2.05) is 37.4 Å². The molecule has 1 saturated heterocycles. The molecule has 0 radical (unpaired) electrons. The molecule has 126 valence electrons. The Labute approximate surface area is 139 Å². The summed E-state index contributed by atoms with van der Waals surface area (Å²) < 4.78 is 0. The van der Waals surface area contributed by atoms with Crippen molar-refractivity contribution in [2.75, 3.05) is 25.0 Å². The van der Waals surface area contributed by atoms with E-state index < -0.39 is 4.92 Å². The first kappa shape index (κ1) is 16.0. The number of nitro groups is 1. The minimum Gasteiger partial charge on any atom is -0.373 e. The highest BCUT2D eigenvalue weighted by Gasteiger charge is 2.34. The molecule has 1 aromatic carbocycles. The van der Waals surface area contributed by atoms with Gasteiger partial charge in [0.05, 0.1) is 4.92 Å². The first-order chi connectivity index (χ1) is 11.6. The lowest BCUT2D eigenvalue weighted by Gasteiger charge is -2.29. The molecule has 1 amide bonds. The van der Waals surface area contributed by atoms with Gasteiger partial charge in [0.25, 0.3) is 5.91 Å². The van der Waals surface area contributed by atoms with Crippen LogP contribution in [0.1, 0.15) is 23.3 Å². The fourth-order valence-electron chi connectivity index (χ4n) is 3.12. The topological polar surface area (TPSA) is 95.4 Å². The molecule has 8 heteroatoms. The molecule has 1 atom stereocenters. The first-order valence-electron chi connectivity index (χ1n) is 7.83. The lowest BCUT2D eigenvalue weighted by molar-refractivity contribution is -0.385. The molecule has 2 aromatic rings. The van der Waals surface area contributed by atoms with Crippen molar-refractivity contribution in [3.05, 3.63) is 52.3 Å². The number of benzene rings is 1. The number of likely N-dealkylation sites (N-methyl/N-ethyl adjacent to an activating group) is 1. The number of carbonyl (C=O) groups excluding carboxylic acids is 1. The Morgan fingerprint density at radius 3 is 2.92 bits per heavy atom. The van der Waals surface area contributed by atoms with Crippen molar-refractivity contribution in [1.82, 2.24) is 15.1 Å². The smallest absolute Gasteiger partial charge is 0.319 e. The number of carbonyl (C=O) groups is 1. The molecule has 0 unspecified atom stereocenters. The van der Waals surface area contributed by atoms with E-state index >= 15 is 0 Å². The van der Waals surface area contributed by atoms with E-state index in [1.54, 1.807) is 4.90 Å². The highest BCUT2D eigenvalue weighted by Crippen LogP contribution is 2.25. The summed E-state index contributed by atoms with van der Waals surface area (Å²) in [6.07, 6.45) is 2.85. The minimum atomic E-state index is -0.585. The Bertz CT molecular complexity index is 730. The second-order valence-corrected chi connectivity index (χ2v) is 5.90. The summed E-state index contributed by atoms with van der Waals surface area (Å²) >= 11 is 0. The molecule has 24 heavy (non-hydrogen) atoms. The largest absolute Gasteiger partial charge is 0.373 e. The van der Waals surface area contributed by atoms with E-state index in [1.165, 1.54) is 0 Å². The predicted molar refractivity (Wildman–Crippen MR) is 89.0 cm³/mol. The van der Waals surface area contributed by atoms with E-state index in [2.05, 4.69) is 15.1 Å². The molecule has 0 saturated carbocycles. The lowest BCUT2D eigenvalue weighted by atomic mass is 10.2. The van der Waals surface area contributed by atoms with E-state index in [9.17, 15) is 14.9 Å². The van der Waals surface area contributed by atoms with Crippen molar-refractivity contribution in [2.45, 2.75) is 18.9 Å². The third-order valence-corrected chi connectivity index (χ3v) is 4.35. The Morgan fingerprint density at radius 2 is 2.21 bits per heavy atom. The Hall–Kier alpha value is -2.90. The number of hydrogen-bond acceptors (Lipinski definition) is 5. The van der Waals surface area contributed by atoms with E-state index in [-0.39, 0.29) is 23.3 Å². The fraction of sp³-hybridized carbons (Fsp3) is 0.375. The number of nitrogens with one attached hydrogen (secondary N) is 1. The van der Waals surface area contributed by atoms with Crippen molar-refractivity contribution < 1.29 is 9.72 Å². The number of rotatable bonds is 5. The molecule has 0 aliphatic carbocycles. The first-order valence-corrected chi connectivity index (χ1v) is 7.83. The van der Waals surface area contributed by atoms with Gasteiger partial charge in [0.15, 0.2) is 0 Å². The van der Waals surface area contributed by atoms with Crippen LogP contribution in [-0.4, -0.2) is 52.1 Å². The minimum absolute atomic E-state index is 0.0191. The summed E-state index contributed by atoms with van der Waals surface area (Å²) in [5.41, 5.74) is 0.751. The van der Waals surface area contributed by atoms with Gasteiger partial charge in [-0.1, -0.05) is 18.2 Å².